The molecule has 0 saturated carbocycles. The second-order valence-electron chi connectivity index (χ2n) is 4.43. The molecule has 0 bridgehead atoms. The monoisotopic (exact) mass is 275 g/mol. The third kappa shape index (κ3) is 2.71. The van der Waals surface area contributed by atoms with E-state index in [1.807, 2.05) is 32.0 Å². The van der Waals surface area contributed by atoms with Crippen LogP contribution in [0.25, 0.3) is 10.6 Å². The lowest BCUT2D eigenvalue weighted by atomic mass is 10.1. The van der Waals surface area contributed by atoms with Gasteiger partial charge >= 0.3 is 5.97 Å². The summed E-state index contributed by atoms with van der Waals surface area (Å²) in [5, 5.41) is 9.64. The largest absolute Gasteiger partial charge is 0.476 e. The fraction of sp³-hybridized carbons (Fsp3) is 0.214. The van der Waals surface area contributed by atoms with Crippen molar-refractivity contribution in [1.29, 1.82) is 0 Å². The second kappa shape index (κ2) is 4.93. The maximum Gasteiger partial charge on any atom is 0.356 e. The Balaban J connectivity index is 2.60. The first-order valence-corrected chi connectivity index (χ1v) is 6.54. The number of rotatable bonds is 3. The van der Waals surface area contributed by atoms with E-state index < -0.39 is 5.97 Å². The lowest BCUT2D eigenvalue weighted by Gasteiger charge is -2.01. The van der Waals surface area contributed by atoms with E-state index in [2.05, 4.69) is 4.98 Å². The van der Waals surface area contributed by atoms with Gasteiger partial charge in [0.05, 0.1) is 0 Å². The number of ketones is 1. The van der Waals surface area contributed by atoms with Gasteiger partial charge < -0.3 is 5.11 Å². The van der Waals surface area contributed by atoms with Gasteiger partial charge in [0.1, 0.15) is 9.88 Å². The fourth-order valence-electron chi connectivity index (χ4n) is 1.93. The van der Waals surface area contributed by atoms with Gasteiger partial charge in [0.15, 0.2) is 11.5 Å². The summed E-state index contributed by atoms with van der Waals surface area (Å²) >= 11 is 1.12. The average Bonchev–Trinajstić information content (AvgIpc) is 2.72. The Morgan fingerprint density at radius 2 is 1.74 bits per heavy atom. The van der Waals surface area contributed by atoms with Gasteiger partial charge in [-0.15, -0.1) is 11.3 Å². The Morgan fingerprint density at radius 1 is 1.16 bits per heavy atom. The molecule has 1 aromatic heterocycles. The number of carboxylic acid groups (broad SMARTS) is 1. The predicted octanol–water partition coefficient (Wildman–Crippen LogP) is 3.33. The summed E-state index contributed by atoms with van der Waals surface area (Å²) in [7, 11) is 0. The fourth-order valence-corrected chi connectivity index (χ4v) is 2.86. The number of hydrogen-bond acceptors (Lipinski definition) is 4. The highest BCUT2D eigenvalue weighted by Gasteiger charge is 2.21. The number of thiazole rings is 1. The van der Waals surface area contributed by atoms with Crippen LogP contribution in [0.1, 0.15) is 38.2 Å². The van der Waals surface area contributed by atoms with Crippen molar-refractivity contribution in [3.05, 3.63) is 39.9 Å². The third-order valence-corrected chi connectivity index (χ3v) is 3.82. The Bertz CT molecular complexity index is 622. The molecule has 98 valence electrons. The van der Waals surface area contributed by atoms with Crippen LogP contribution in [0.2, 0.25) is 0 Å². The van der Waals surface area contributed by atoms with Crippen LogP contribution >= 0.6 is 11.3 Å². The van der Waals surface area contributed by atoms with Gasteiger partial charge in [-0.3, -0.25) is 4.79 Å². The van der Waals surface area contributed by atoms with Crippen molar-refractivity contribution in [2.45, 2.75) is 20.8 Å². The molecule has 0 amide bonds. The predicted molar refractivity (Wildman–Crippen MR) is 74.0 cm³/mol. The lowest BCUT2D eigenvalue weighted by Crippen LogP contribution is -2.03. The van der Waals surface area contributed by atoms with Crippen LogP contribution in [0, 0.1) is 13.8 Å². The van der Waals surface area contributed by atoms with E-state index >= 15 is 0 Å². The van der Waals surface area contributed by atoms with Crippen LogP contribution < -0.4 is 0 Å². The van der Waals surface area contributed by atoms with Gasteiger partial charge in [0.25, 0.3) is 0 Å². The first-order valence-electron chi connectivity index (χ1n) is 5.72. The number of aromatic carboxylic acids is 1. The number of aryl methyl sites for hydroxylation is 2. The van der Waals surface area contributed by atoms with Crippen molar-refractivity contribution in [3.63, 3.8) is 0 Å². The summed E-state index contributed by atoms with van der Waals surface area (Å²) in [4.78, 5) is 26.8. The normalized spacial score (nSPS) is 10.5. The summed E-state index contributed by atoms with van der Waals surface area (Å²) in [6, 6.07) is 5.89. The van der Waals surface area contributed by atoms with E-state index in [9.17, 15) is 9.59 Å². The number of benzene rings is 1. The highest BCUT2D eigenvalue weighted by atomic mass is 32.1. The van der Waals surface area contributed by atoms with Gasteiger partial charge in [-0.2, -0.15) is 0 Å². The van der Waals surface area contributed by atoms with E-state index in [1.54, 1.807) is 0 Å². The van der Waals surface area contributed by atoms with E-state index in [1.165, 1.54) is 6.92 Å². The first-order chi connectivity index (χ1) is 8.88. The number of Topliss-reactive ketones (excluding diaryl/α,β-unsaturated/α-hetero) is 1. The molecule has 0 fully saturated rings. The SMILES string of the molecule is CC(=O)c1sc(-c2cc(C)cc(C)c2)nc1C(=O)O. The Kier molecular flexibility index (Phi) is 3.48. The number of carbonyl (C=O) groups excluding carboxylic acids is 1. The van der Waals surface area contributed by atoms with Crippen molar-refractivity contribution < 1.29 is 14.7 Å². The third-order valence-electron chi connectivity index (χ3n) is 2.62. The zero-order chi connectivity index (χ0) is 14.2. The minimum atomic E-state index is -1.17. The molecule has 2 rings (SSSR count). The van der Waals surface area contributed by atoms with Crippen LogP contribution in [0.15, 0.2) is 18.2 Å². The number of aromatic nitrogens is 1. The summed E-state index contributed by atoms with van der Waals surface area (Å²) < 4.78 is 0. The lowest BCUT2D eigenvalue weighted by molar-refractivity contribution is 0.0687. The number of hydrogen-bond donors (Lipinski definition) is 1. The summed E-state index contributed by atoms with van der Waals surface area (Å²) in [6.45, 7) is 5.29. The van der Waals surface area contributed by atoms with E-state index in [-0.39, 0.29) is 16.4 Å². The van der Waals surface area contributed by atoms with Crippen molar-refractivity contribution in [2.24, 2.45) is 0 Å². The van der Waals surface area contributed by atoms with E-state index in [4.69, 9.17) is 5.11 Å². The van der Waals surface area contributed by atoms with Crippen molar-refractivity contribution in [3.8, 4) is 10.6 Å². The van der Waals surface area contributed by atoms with Gasteiger partial charge in [0.2, 0.25) is 0 Å². The summed E-state index contributed by atoms with van der Waals surface area (Å²) in [6.07, 6.45) is 0. The van der Waals surface area contributed by atoms with Crippen molar-refractivity contribution in [1.82, 2.24) is 4.98 Å². The van der Waals surface area contributed by atoms with Crippen molar-refractivity contribution in [2.75, 3.05) is 0 Å². The number of carboxylic acids is 1. The molecule has 0 unspecified atom stereocenters. The van der Waals surface area contributed by atoms with Gasteiger partial charge in [0, 0.05) is 12.5 Å². The van der Waals surface area contributed by atoms with Crippen LogP contribution in [0.4, 0.5) is 0 Å². The summed E-state index contributed by atoms with van der Waals surface area (Å²) in [5.74, 6) is -1.44. The molecule has 0 saturated heterocycles. The molecule has 5 heteroatoms. The maximum atomic E-state index is 11.5. The highest BCUT2D eigenvalue weighted by molar-refractivity contribution is 7.17. The minimum Gasteiger partial charge on any atom is -0.476 e. The van der Waals surface area contributed by atoms with Crippen LogP contribution in [0.5, 0.6) is 0 Å². The van der Waals surface area contributed by atoms with Gasteiger partial charge in [-0.05, 0) is 26.0 Å². The second-order valence-corrected chi connectivity index (χ2v) is 5.43. The Morgan fingerprint density at radius 3 is 2.16 bits per heavy atom. The standard InChI is InChI=1S/C14H13NO3S/c1-7-4-8(2)6-10(5-7)13-15-11(14(17)18)12(19-13)9(3)16/h4-6H,1-3H3,(H,17,18). The molecule has 2 aromatic rings. The molecule has 0 atom stereocenters. The highest BCUT2D eigenvalue weighted by Crippen LogP contribution is 2.29. The quantitative estimate of drug-likeness (QED) is 0.872. The average molecular weight is 275 g/mol. The summed E-state index contributed by atoms with van der Waals surface area (Å²) in [5.41, 5.74) is 2.84. The maximum absolute atomic E-state index is 11.5. The zero-order valence-electron chi connectivity index (χ0n) is 10.9. The zero-order valence-corrected chi connectivity index (χ0v) is 11.7. The molecular weight excluding hydrogens is 262 g/mol. The smallest absolute Gasteiger partial charge is 0.356 e. The molecule has 4 nitrogen and oxygen atoms in total. The molecular formula is C14H13NO3S. The molecule has 1 N–H and O–H groups in total. The van der Waals surface area contributed by atoms with Crippen LogP contribution in [0.3, 0.4) is 0 Å². The van der Waals surface area contributed by atoms with E-state index in [0.717, 1.165) is 28.0 Å². The molecule has 1 heterocycles. The number of carbonyl (C=O) groups is 2. The van der Waals surface area contributed by atoms with Gasteiger partial charge in [-0.25, -0.2) is 9.78 Å². The first kappa shape index (κ1) is 13.4. The molecule has 0 aliphatic rings. The van der Waals surface area contributed by atoms with Crippen LogP contribution in [-0.4, -0.2) is 21.8 Å². The molecule has 0 radical (unpaired) electrons. The van der Waals surface area contributed by atoms with Gasteiger partial charge in [-0.1, -0.05) is 17.2 Å². The molecule has 19 heavy (non-hydrogen) atoms. The molecule has 0 aliphatic heterocycles. The Labute approximate surface area is 114 Å². The van der Waals surface area contributed by atoms with E-state index in [0.29, 0.717) is 5.01 Å². The molecule has 0 aliphatic carbocycles. The minimum absolute atomic E-state index is 0.161. The van der Waals surface area contributed by atoms with Crippen LogP contribution in [-0.2, 0) is 0 Å². The Hall–Kier alpha value is -2.01. The molecule has 1 aromatic carbocycles. The topological polar surface area (TPSA) is 67.3 Å². The number of nitrogens with zero attached hydrogens (tertiary/aromatic N) is 1. The molecule has 0 spiro atoms. The van der Waals surface area contributed by atoms with Crippen molar-refractivity contribution >= 4 is 23.1 Å².